The fraction of sp³-hybridized carbons (Fsp3) is 0.316. The van der Waals surface area contributed by atoms with E-state index in [0.29, 0.717) is 12.1 Å². The second kappa shape index (κ2) is 8.20. The van der Waals surface area contributed by atoms with E-state index in [1.807, 2.05) is 12.2 Å². The number of carbonyl (C=O) groups excluding carboxylic acids is 1. The van der Waals surface area contributed by atoms with E-state index < -0.39 is 18.1 Å². The molecule has 1 aliphatic rings. The van der Waals surface area contributed by atoms with Gasteiger partial charge in [-0.25, -0.2) is 4.79 Å². The van der Waals surface area contributed by atoms with E-state index in [4.69, 9.17) is 32.7 Å². The molecule has 1 heterocycles. The highest BCUT2D eigenvalue weighted by atomic mass is 35.5. The van der Waals surface area contributed by atoms with Crippen LogP contribution in [0.3, 0.4) is 0 Å². The Labute approximate surface area is 175 Å². The van der Waals surface area contributed by atoms with Crippen molar-refractivity contribution in [2.45, 2.75) is 31.9 Å². The van der Waals surface area contributed by atoms with Crippen molar-refractivity contribution in [1.82, 2.24) is 5.32 Å². The number of amides is 2. The van der Waals surface area contributed by atoms with Crippen LogP contribution in [0.2, 0.25) is 10.0 Å². The summed E-state index contributed by atoms with van der Waals surface area (Å²) in [5.74, 6) is -3.96. The Bertz CT molecular complexity index is 863. The molecule has 3 rings (SSSR count). The highest BCUT2D eigenvalue weighted by Gasteiger charge is 2.66. The van der Waals surface area contributed by atoms with Gasteiger partial charge in [-0.05, 0) is 18.6 Å². The van der Waals surface area contributed by atoms with Crippen LogP contribution in [0, 0.1) is 0 Å². The number of para-hydroxylation sites is 1. The van der Waals surface area contributed by atoms with E-state index >= 15 is 0 Å². The molecule has 2 aromatic carbocycles. The average Bonchev–Trinajstić information content (AvgIpc) is 3.01. The molecule has 2 amide bonds. The number of hydrogen-bond donors (Lipinski definition) is 1. The van der Waals surface area contributed by atoms with Crippen LogP contribution in [0.4, 0.5) is 23.7 Å². The lowest BCUT2D eigenvalue weighted by Crippen LogP contribution is -2.66. The average molecular weight is 449 g/mol. The summed E-state index contributed by atoms with van der Waals surface area (Å²) in [6.45, 7) is 2.12. The zero-order valence-corrected chi connectivity index (χ0v) is 16.7. The molecule has 5 nitrogen and oxygen atoms in total. The minimum absolute atomic E-state index is 0.00724. The number of hydrogen-bond acceptors (Lipinski definition) is 3. The van der Waals surface area contributed by atoms with Crippen LogP contribution in [0.25, 0.3) is 0 Å². The second-order valence-corrected chi connectivity index (χ2v) is 7.12. The molecule has 0 spiro atoms. The van der Waals surface area contributed by atoms with E-state index in [0.717, 1.165) is 18.6 Å². The first kappa shape index (κ1) is 21.4. The number of nitrogens with zero attached hydrogens (tertiary/aromatic N) is 1. The fourth-order valence-corrected chi connectivity index (χ4v) is 3.03. The molecule has 0 aromatic heterocycles. The smallest absolute Gasteiger partial charge is 0.424 e. The molecule has 0 atom stereocenters. The summed E-state index contributed by atoms with van der Waals surface area (Å²) in [4.78, 5) is 14.0. The molecule has 0 radical (unpaired) electrons. The number of nitrogens with one attached hydrogen (secondary N) is 1. The summed E-state index contributed by atoms with van der Waals surface area (Å²) >= 11 is 11.7. The molecular formula is C19H17Cl2F3N2O3. The topological polar surface area (TPSA) is 50.8 Å². The van der Waals surface area contributed by atoms with E-state index in [9.17, 15) is 18.0 Å². The maximum atomic E-state index is 13.9. The summed E-state index contributed by atoms with van der Waals surface area (Å²) in [5, 5.41) is 1.84. The van der Waals surface area contributed by atoms with Crippen molar-refractivity contribution in [2.24, 2.45) is 0 Å². The number of halogens is 5. The molecule has 29 heavy (non-hydrogen) atoms. The van der Waals surface area contributed by atoms with E-state index in [1.54, 1.807) is 30.3 Å². The standard InChI is InChI=1S/C19H17Cl2F3N2O3/c1-2-3-9-26(12-7-5-4-6-8-12)17(27)25-19(18(22,23)24)28-15-10-13(20)14(21)11-16(15)29-19/h4-8,10-11H,2-3,9H2,1H3,(H,25,27). The Morgan fingerprint density at radius 2 is 1.66 bits per heavy atom. The Kier molecular flexibility index (Phi) is 6.05. The number of alkyl halides is 3. The van der Waals surface area contributed by atoms with Gasteiger partial charge in [0.2, 0.25) is 0 Å². The third kappa shape index (κ3) is 4.33. The minimum Gasteiger partial charge on any atom is -0.424 e. The lowest BCUT2D eigenvalue weighted by atomic mass is 10.2. The normalized spacial score (nSPS) is 14.6. The Morgan fingerprint density at radius 1 is 1.10 bits per heavy atom. The third-order valence-electron chi connectivity index (χ3n) is 4.19. The van der Waals surface area contributed by atoms with Crippen LogP contribution >= 0.6 is 23.2 Å². The summed E-state index contributed by atoms with van der Waals surface area (Å²) in [6.07, 6.45) is -3.75. The molecule has 0 saturated carbocycles. The molecule has 0 aliphatic carbocycles. The van der Waals surface area contributed by atoms with Gasteiger partial charge in [-0.3, -0.25) is 10.2 Å². The van der Waals surface area contributed by atoms with Crippen LogP contribution in [0.5, 0.6) is 11.5 Å². The number of unbranched alkanes of at least 4 members (excludes halogenated alkanes) is 1. The first-order chi connectivity index (χ1) is 13.7. The second-order valence-electron chi connectivity index (χ2n) is 6.30. The SMILES string of the molecule is CCCCN(C(=O)NC1(C(F)(F)F)Oc2cc(Cl)c(Cl)cc2O1)c1ccccc1. The quantitative estimate of drug-likeness (QED) is 0.610. The predicted molar refractivity (Wildman–Crippen MR) is 104 cm³/mol. The van der Waals surface area contributed by atoms with Gasteiger partial charge >= 0.3 is 18.1 Å². The van der Waals surface area contributed by atoms with Crippen LogP contribution in [-0.4, -0.2) is 24.7 Å². The molecular weight excluding hydrogens is 432 g/mol. The van der Waals surface area contributed by atoms with Gasteiger partial charge in [-0.15, -0.1) is 0 Å². The fourth-order valence-electron chi connectivity index (χ4n) is 2.72. The van der Waals surface area contributed by atoms with E-state index in [2.05, 4.69) is 0 Å². The van der Waals surface area contributed by atoms with Gasteiger partial charge in [-0.2, -0.15) is 13.2 Å². The molecule has 0 unspecified atom stereocenters. The minimum atomic E-state index is -5.09. The molecule has 2 aromatic rings. The van der Waals surface area contributed by atoms with Crippen molar-refractivity contribution in [2.75, 3.05) is 11.4 Å². The lowest BCUT2D eigenvalue weighted by Gasteiger charge is -2.32. The highest BCUT2D eigenvalue weighted by Crippen LogP contribution is 2.48. The number of benzene rings is 2. The van der Waals surface area contributed by atoms with Crippen LogP contribution in [-0.2, 0) is 0 Å². The lowest BCUT2D eigenvalue weighted by molar-refractivity contribution is -0.317. The molecule has 0 saturated heterocycles. The number of anilines is 1. The largest absolute Gasteiger partial charge is 0.492 e. The number of rotatable bonds is 5. The number of carbonyl (C=O) groups is 1. The van der Waals surface area contributed by atoms with Gasteiger partial charge in [0.15, 0.2) is 11.5 Å². The van der Waals surface area contributed by atoms with Crippen molar-refractivity contribution in [3.8, 4) is 11.5 Å². The summed E-state index contributed by atoms with van der Waals surface area (Å²) in [7, 11) is 0. The van der Waals surface area contributed by atoms with Crippen molar-refractivity contribution >= 4 is 34.9 Å². The molecule has 0 bridgehead atoms. The molecule has 0 fully saturated rings. The maximum Gasteiger partial charge on any atom is 0.492 e. The molecule has 10 heteroatoms. The van der Waals surface area contributed by atoms with Crippen LogP contribution in [0.15, 0.2) is 42.5 Å². The van der Waals surface area contributed by atoms with Crippen LogP contribution in [0.1, 0.15) is 19.8 Å². The molecule has 156 valence electrons. The van der Waals surface area contributed by atoms with Crippen molar-refractivity contribution in [1.29, 1.82) is 0 Å². The Balaban J connectivity index is 1.92. The summed E-state index contributed by atoms with van der Waals surface area (Å²) < 4.78 is 51.7. The van der Waals surface area contributed by atoms with Gasteiger partial charge in [-0.1, -0.05) is 54.7 Å². The number of ether oxygens (including phenoxy) is 2. The summed E-state index contributed by atoms with van der Waals surface area (Å²) in [5.41, 5.74) is 0.442. The van der Waals surface area contributed by atoms with Gasteiger partial charge < -0.3 is 9.47 Å². The molecule has 1 aliphatic heterocycles. The number of urea groups is 1. The zero-order chi connectivity index (χ0) is 21.2. The first-order valence-corrected chi connectivity index (χ1v) is 9.51. The molecule has 1 N–H and O–H groups in total. The Morgan fingerprint density at radius 3 is 2.14 bits per heavy atom. The summed E-state index contributed by atoms with van der Waals surface area (Å²) in [6, 6.07) is 9.54. The predicted octanol–water partition coefficient (Wildman–Crippen LogP) is 6.00. The van der Waals surface area contributed by atoms with Crippen LogP contribution < -0.4 is 19.7 Å². The van der Waals surface area contributed by atoms with E-state index in [-0.39, 0.29) is 28.1 Å². The van der Waals surface area contributed by atoms with Gasteiger partial charge in [0, 0.05) is 24.4 Å². The first-order valence-electron chi connectivity index (χ1n) is 8.75. The van der Waals surface area contributed by atoms with Crippen molar-refractivity contribution in [3.05, 3.63) is 52.5 Å². The highest BCUT2D eigenvalue weighted by molar-refractivity contribution is 6.42. The third-order valence-corrected chi connectivity index (χ3v) is 4.91. The number of fused-ring (bicyclic) bond motifs is 1. The monoisotopic (exact) mass is 448 g/mol. The maximum absolute atomic E-state index is 13.9. The van der Waals surface area contributed by atoms with Gasteiger partial charge in [0.25, 0.3) is 0 Å². The van der Waals surface area contributed by atoms with Crippen molar-refractivity contribution in [3.63, 3.8) is 0 Å². The zero-order valence-electron chi connectivity index (χ0n) is 15.2. The van der Waals surface area contributed by atoms with E-state index in [1.165, 1.54) is 4.90 Å². The Hall–Kier alpha value is -2.32. The van der Waals surface area contributed by atoms with Crippen molar-refractivity contribution < 1.29 is 27.4 Å². The van der Waals surface area contributed by atoms with Gasteiger partial charge in [0.05, 0.1) is 10.0 Å². The van der Waals surface area contributed by atoms with Gasteiger partial charge in [0.1, 0.15) is 0 Å².